The minimum atomic E-state index is -0.364. The Balaban J connectivity index is 2.19. The summed E-state index contributed by atoms with van der Waals surface area (Å²) in [6.07, 6.45) is 1.46. The third-order valence-corrected chi connectivity index (χ3v) is 2.64. The van der Waals surface area contributed by atoms with Crippen LogP contribution in [0, 0.1) is 12.7 Å². The number of carbonyl (C=O) groups is 1. The molecule has 0 atom stereocenters. The van der Waals surface area contributed by atoms with Crippen molar-refractivity contribution in [2.24, 2.45) is 0 Å². The van der Waals surface area contributed by atoms with Crippen molar-refractivity contribution in [3.8, 4) is 0 Å². The maximum Gasteiger partial charge on any atom is 0.255 e. The maximum atomic E-state index is 12.9. The fourth-order valence-corrected chi connectivity index (χ4v) is 1.64. The first-order chi connectivity index (χ1) is 8.56. The lowest BCUT2D eigenvalue weighted by atomic mass is 10.1. The van der Waals surface area contributed by atoms with Crippen LogP contribution in [0.4, 0.5) is 10.1 Å². The quantitative estimate of drug-likeness (QED) is 0.845. The topological polar surface area (TPSA) is 42.0 Å². The Kier molecular flexibility index (Phi) is 3.58. The van der Waals surface area contributed by atoms with Crippen LogP contribution >= 0.6 is 11.6 Å². The van der Waals surface area contributed by atoms with Gasteiger partial charge in [0.1, 0.15) is 11.0 Å². The van der Waals surface area contributed by atoms with Crippen LogP contribution in [0.25, 0.3) is 0 Å². The molecule has 3 nitrogen and oxygen atoms in total. The van der Waals surface area contributed by atoms with E-state index in [0.717, 1.165) is 0 Å². The maximum absolute atomic E-state index is 12.9. The Bertz CT molecular complexity index is 584. The lowest BCUT2D eigenvalue weighted by Crippen LogP contribution is -2.13. The van der Waals surface area contributed by atoms with E-state index in [9.17, 15) is 9.18 Å². The Hall–Kier alpha value is -1.94. The monoisotopic (exact) mass is 264 g/mol. The van der Waals surface area contributed by atoms with E-state index >= 15 is 0 Å². The number of hydrogen-bond acceptors (Lipinski definition) is 2. The summed E-state index contributed by atoms with van der Waals surface area (Å²) in [5.41, 5.74) is 1.54. The summed E-state index contributed by atoms with van der Waals surface area (Å²) in [6.45, 7) is 1.68. The largest absolute Gasteiger partial charge is 0.321 e. The van der Waals surface area contributed by atoms with Gasteiger partial charge in [-0.1, -0.05) is 11.6 Å². The van der Waals surface area contributed by atoms with Crippen LogP contribution in [-0.2, 0) is 0 Å². The van der Waals surface area contributed by atoms with E-state index in [4.69, 9.17) is 11.6 Å². The van der Waals surface area contributed by atoms with E-state index in [2.05, 4.69) is 10.3 Å². The van der Waals surface area contributed by atoms with Gasteiger partial charge in [0, 0.05) is 5.56 Å². The third kappa shape index (κ3) is 2.84. The van der Waals surface area contributed by atoms with Crippen molar-refractivity contribution >= 4 is 23.2 Å². The van der Waals surface area contributed by atoms with Gasteiger partial charge in [0.15, 0.2) is 0 Å². The van der Waals surface area contributed by atoms with Crippen molar-refractivity contribution in [1.82, 2.24) is 4.98 Å². The normalized spacial score (nSPS) is 10.2. The number of anilines is 1. The Morgan fingerprint density at radius 3 is 2.72 bits per heavy atom. The second kappa shape index (κ2) is 5.14. The summed E-state index contributed by atoms with van der Waals surface area (Å²) in [6, 6.07) is 7.24. The number of hydrogen-bond donors (Lipinski definition) is 1. The van der Waals surface area contributed by atoms with Gasteiger partial charge in [-0.05, 0) is 42.8 Å². The van der Waals surface area contributed by atoms with Crippen LogP contribution in [0.3, 0.4) is 0 Å². The number of aryl methyl sites for hydroxylation is 1. The van der Waals surface area contributed by atoms with Gasteiger partial charge in [0.05, 0.1) is 11.9 Å². The molecule has 0 aliphatic rings. The van der Waals surface area contributed by atoms with Crippen LogP contribution in [0.2, 0.25) is 5.15 Å². The molecule has 2 rings (SSSR count). The molecular weight excluding hydrogens is 255 g/mol. The molecule has 0 saturated heterocycles. The van der Waals surface area contributed by atoms with Crippen molar-refractivity contribution in [3.63, 3.8) is 0 Å². The van der Waals surface area contributed by atoms with Gasteiger partial charge in [-0.15, -0.1) is 0 Å². The van der Waals surface area contributed by atoms with Gasteiger partial charge < -0.3 is 5.32 Å². The summed E-state index contributed by atoms with van der Waals surface area (Å²) in [7, 11) is 0. The average Bonchev–Trinajstić information content (AvgIpc) is 2.32. The van der Waals surface area contributed by atoms with E-state index in [0.29, 0.717) is 22.0 Å². The standard InChI is InChI=1S/C13H10ClFN2O/c1-8-6-9(15)2-4-11(8)13(18)17-10-3-5-12(14)16-7-10/h2-7H,1H3,(H,17,18). The molecule has 5 heteroatoms. The van der Waals surface area contributed by atoms with E-state index in [1.807, 2.05) is 0 Å². The molecule has 1 aromatic carbocycles. The van der Waals surface area contributed by atoms with Crippen molar-refractivity contribution < 1.29 is 9.18 Å². The highest BCUT2D eigenvalue weighted by Crippen LogP contribution is 2.14. The van der Waals surface area contributed by atoms with Gasteiger partial charge in [-0.3, -0.25) is 4.79 Å². The summed E-state index contributed by atoms with van der Waals surface area (Å²) < 4.78 is 12.9. The first-order valence-corrected chi connectivity index (χ1v) is 5.63. The Morgan fingerprint density at radius 1 is 1.33 bits per heavy atom. The predicted octanol–water partition coefficient (Wildman–Crippen LogP) is 3.43. The zero-order chi connectivity index (χ0) is 13.1. The number of nitrogens with zero attached hydrogens (tertiary/aromatic N) is 1. The number of nitrogens with one attached hydrogen (secondary N) is 1. The van der Waals surface area contributed by atoms with Crippen LogP contribution in [0.5, 0.6) is 0 Å². The molecule has 1 amide bonds. The van der Waals surface area contributed by atoms with Crippen molar-refractivity contribution in [2.75, 3.05) is 5.32 Å². The van der Waals surface area contributed by atoms with Crippen LogP contribution in [-0.4, -0.2) is 10.9 Å². The highest BCUT2D eigenvalue weighted by molar-refractivity contribution is 6.29. The number of rotatable bonds is 2. The fourth-order valence-electron chi connectivity index (χ4n) is 1.53. The van der Waals surface area contributed by atoms with Gasteiger partial charge in [0.2, 0.25) is 0 Å². The molecule has 0 aliphatic heterocycles. The number of halogens is 2. The van der Waals surface area contributed by atoms with E-state index < -0.39 is 0 Å². The summed E-state index contributed by atoms with van der Waals surface area (Å²) in [5.74, 6) is -0.672. The zero-order valence-electron chi connectivity index (χ0n) is 9.58. The first kappa shape index (κ1) is 12.5. The fraction of sp³-hybridized carbons (Fsp3) is 0.0769. The molecule has 92 valence electrons. The number of carbonyl (C=O) groups excluding carboxylic acids is 1. The van der Waals surface area contributed by atoms with Gasteiger partial charge in [-0.25, -0.2) is 9.37 Å². The molecule has 0 unspecified atom stereocenters. The number of aromatic nitrogens is 1. The van der Waals surface area contributed by atoms with Crippen molar-refractivity contribution in [3.05, 3.63) is 58.6 Å². The predicted molar refractivity (Wildman–Crippen MR) is 68.3 cm³/mol. The number of pyridine rings is 1. The molecule has 18 heavy (non-hydrogen) atoms. The Labute approximate surface area is 109 Å². The summed E-state index contributed by atoms with van der Waals surface area (Å²) >= 11 is 5.64. The molecular formula is C13H10ClFN2O. The lowest BCUT2D eigenvalue weighted by molar-refractivity contribution is 0.102. The molecule has 0 fully saturated rings. The molecule has 0 saturated carbocycles. The van der Waals surface area contributed by atoms with Gasteiger partial charge in [-0.2, -0.15) is 0 Å². The second-order valence-electron chi connectivity index (χ2n) is 3.78. The SMILES string of the molecule is Cc1cc(F)ccc1C(=O)Nc1ccc(Cl)nc1. The lowest BCUT2D eigenvalue weighted by Gasteiger charge is -2.07. The van der Waals surface area contributed by atoms with E-state index in [-0.39, 0.29) is 11.7 Å². The van der Waals surface area contributed by atoms with Crippen LogP contribution in [0.15, 0.2) is 36.5 Å². The molecule has 0 aliphatic carbocycles. The molecule has 1 aromatic heterocycles. The highest BCUT2D eigenvalue weighted by atomic mass is 35.5. The molecule has 1 N–H and O–H groups in total. The van der Waals surface area contributed by atoms with Gasteiger partial charge >= 0.3 is 0 Å². The molecule has 2 aromatic rings. The van der Waals surface area contributed by atoms with E-state index in [1.54, 1.807) is 19.1 Å². The van der Waals surface area contributed by atoms with Gasteiger partial charge in [0.25, 0.3) is 5.91 Å². The Morgan fingerprint density at radius 2 is 2.11 bits per heavy atom. The molecule has 0 bridgehead atoms. The third-order valence-electron chi connectivity index (χ3n) is 2.42. The smallest absolute Gasteiger partial charge is 0.255 e. The molecule has 0 radical (unpaired) electrons. The average molecular weight is 265 g/mol. The highest BCUT2D eigenvalue weighted by Gasteiger charge is 2.09. The number of benzene rings is 1. The zero-order valence-corrected chi connectivity index (χ0v) is 10.3. The van der Waals surface area contributed by atoms with Crippen molar-refractivity contribution in [2.45, 2.75) is 6.92 Å². The van der Waals surface area contributed by atoms with E-state index in [1.165, 1.54) is 24.4 Å². The van der Waals surface area contributed by atoms with Crippen LogP contribution in [0.1, 0.15) is 15.9 Å². The second-order valence-corrected chi connectivity index (χ2v) is 4.17. The number of amides is 1. The summed E-state index contributed by atoms with van der Waals surface area (Å²) in [5, 5.41) is 3.02. The first-order valence-electron chi connectivity index (χ1n) is 5.25. The van der Waals surface area contributed by atoms with Crippen molar-refractivity contribution in [1.29, 1.82) is 0 Å². The minimum absolute atomic E-state index is 0.309. The minimum Gasteiger partial charge on any atom is -0.321 e. The molecule has 0 spiro atoms. The molecule has 1 heterocycles. The summed E-state index contributed by atoms with van der Waals surface area (Å²) in [4.78, 5) is 15.8. The van der Waals surface area contributed by atoms with Crippen LogP contribution < -0.4 is 5.32 Å².